The molecule has 2 atom stereocenters. The van der Waals surface area contributed by atoms with Crippen LogP contribution in [0.5, 0.6) is 0 Å². The lowest BCUT2D eigenvalue weighted by Gasteiger charge is -2.33. The Kier molecular flexibility index (Phi) is 4.17. The third-order valence-electron chi connectivity index (χ3n) is 3.54. The summed E-state index contributed by atoms with van der Waals surface area (Å²) in [6.07, 6.45) is 0.135. The maximum Gasteiger partial charge on any atom is 0.319 e. The van der Waals surface area contributed by atoms with Crippen molar-refractivity contribution in [1.29, 1.82) is 0 Å². The molecule has 0 aromatic heterocycles. The molecule has 0 radical (unpaired) electrons. The molecule has 20 heavy (non-hydrogen) atoms. The quantitative estimate of drug-likeness (QED) is 0.474. The Bertz CT molecular complexity index is 526. The van der Waals surface area contributed by atoms with Crippen LogP contribution in [0.15, 0.2) is 30.3 Å². The third kappa shape index (κ3) is 2.57. The maximum atomic E-state index is 12.2. The number of ether oxygens (including phenoxy) is 1. The fourth-order valence-electron chi connectivity index (χ4n) is 2.45. The second kappa shape index (κ2) is 5.86. The first-order valence-corrected chi connectivity index (χ1v) is 6.58. The standard InChI is InChI=1S/C15H17NO4/c1-3-20-15(19)13-11(10-7-5-4-6-8-10)9-12(17)16(2)14(13)18/h4-8,11,13H,3,9H2,1-2H3. The minimum Gasteiger partial charge on any atom is -0.465 e. The number of hydrogen-bond acceptors (Lipinski definition) is 4. The van der Waals surface area contributed by atoms with E-state index in [1.54, 1.807) is 6.92 Å². The number of carbonyl (C=O) groups is 3. The topological polar surface area (TPSA) is 63.7 Å². The first-order valence-electron chi connectivity index (χ1n) is 6.58. The second-order valence-corrected chi connectivity index (χ2v) is 4.74. The van der Waals surface area contributed by atoms with E-state index in [1.807, 2.05) is 30.3 Å². The Morgan fingerprint density at radius 2 is 1.95 bits per heavy atom. The van der Waals surface area contributed by atoms with Crippen LogP contribution in [-0.2, 0) is 19.1 Å². The summed E-state index contributed by atoms with van der Waals surface area (Å²) in [4.78, 5) is 37.2. The van der Waals surface area contributed by atoms with Crippen molar-refractivity contribution in [1.82, 2.24) is 4.90 Å². The van der Waals surface area contributed by atoms with Gasteiger partial charge in [-0.15, -0.1) is 0 Å². The lowest BCUT2D eigenvalue weighted by Crippen LogP contribution is -2.49. The van der Waals surface area contributed by atoms with E-state index in [2.05, 4.69) is 0 Å². The van der Waals surface area contributed by atoms with E-state index in [0.29, 0.717) is 0 Å². The van der Waals surface area contributed by atoms with Crippen molar-refractivity contribution in [2.45, 2.75) is 19.3 Å². The molecule has 1 heterocycles. The molecule has 0 spiro atoms. The Labute approximate surface area is 117 Å². The van der Waals surface area contributed by atoms with Gasteiger partial charge in [-0.05, 0) is 12.5 Å². The highest BCUT2D eigenvalue weighted by molar-refractivity contribution is 6.08. The summed E-state index contributed by atoms with van der Waals surface area (Å²) in [5, 5.41) is 0. The number of likely N-dealkylation sites (tertiary alicyclic amines) is 1. The highest BCUT2D eigenvalue weighted by atomic mass is 16.5. The number of imide groups is 1. The van der Waals surface area contributed by atoms with E-state index < -0.39 is 23.7 Å². The molecule has 1 aromatic rings. The SMILES string of the molecule is CCOC(=O)C1C(=O)N(C)C(=O)CC1c1ccccc1. The summed E-state index contributed by atoms with van der Waals surface area (Å²) in [5.41, 5.74) is 0.806. The van der Waals surface area contributed by atoms with Crippen LogP contribution in [0, 0.1) is 5.92 Å². The van der Waals surface area contributed by atoms with Gasteiger partial charge in [-0.2, -0.15) is 0 Å². The Morgan fingerprint density at radius 3 is 2.55 bits per heavy atom. The van der Waals surface area contributed by atoms with Gasteiger partial charge in [-0.3, -0.25) is 19.3 Å². The number of carbonyl (C=O) groups excluding carboxylic acids is 3. The number of piperidine rings is 1. The van der Waals surface area contributed by atoms with Crippen LogP contribution in [0.4, 0.5) is 0 Å². The van der Waals surface area contributed by atoms with Crippen molar-refractivity contribution in [2.24, 2.45) is 5.92 Å². The number of rotatable bonds is 3. The molecule has 0 saturated carbocycles. The molecule has 1 fully saturated rings. The van der Waals surface area contributed by atoms with Crippen molar-refractivity contribution in [3.8, 4) is 0 Å². The zero-order chi connectivity index (χ0) is 14.7. The smallest absolute Gasteiger partial charge is 0.319 e. The van der Waals surface area contributed by atoms with Crippen LogP contribution in [0.1, 0.15) is 24.8 Å². The molecule has 2 unspecified atom stereocenters. The summed E-state index contributed by atoms with van der Waals surface area (Å²) >= 11 is 0. The Balaban J connectivity index is 2.37. The van der Waals surface area contributed by atoms with Crippen LogP contribution < -0.4 is 0 Å². The summed E-state index contributed by atoms with van der Waals surface area (Å²) < 4.78 is 4.99. The van der Waals surface area contributed by atoms with E-state index in [0.717, 1.165) is 10.5 Å². The van der Waals surface area contributed by atoms with Crippen molar-refractivity contribution in [2.75, 3.05) is 13.7 Å². The van der Waals surface area contributed by atoms with Crippen molar-refractivity contribution < 1.29 is 19.1 Å². The molecular weight excluding hydrogens is 258 g/mol. The molecule has 5 nitrogen and oxygen atoms in total. The molecule has 5 heteroatoms. The number of esters is 1. The fraction of sp³-hybridized carbons (Fsp3) is 0.400. The summed E-state index contributed by atoms with van der Waals surface area (Å²) in [6, 6.07) is 9.14. The summed E-state index contributed by atoms with van der Waals surface area (Å²) in [6.45, 7) is 1.90. The molecule has 1 saturated heterocycles. The minimum atomic E-state index is -0.944. The van der Waals surface area contributed by atoms with E-state index in [4.69, 9.17) is 4.74 Å². The predicted molar refractivity (Wildman–Crippen MR) is 71.7 cm³/mol. The zero-order valence-corrected chi connectivity index (χ0v) is 11.5. The summed E-state index contributed by atoms with van der Waals surface area (Å²) in [5.74, 6) is -2.73. The van der Waals surface area contributed by atoms with Gasteiger partial charge >= 0.3 is 5.97 Å². The van der Waals surface area contributed by atoms with Gasteiger partial charge < -0.3 is 4.74 Å². The van der Waals surface area contributed by atoms with Crippen molar-refractivity contribution in [3.63, 3.8) is 0 Å². The number of nitrogens with zero attached hydrogens (tertiary/aromatic N) is 1. The fourth-order valence-corrected chi connectivity index (χ4v) is 2.45. The van der Waals surface area contributed by atoms with Gasteiger partial charge in [0.05, 0.1) is 6.61 Å². The Hall–Kier alpha value is -2.17. The second-order valence-electron chi connectivity index (χ2n) is 4.74. The third-order valence-corrected chi connectivity index (χ3v) is 3.54. The van der Waals surface area contributed by atoms with Crippen LogP contribution in [-0.4, -0.2) is 36.3 Å². The van der Waals surface area contributed by atoms with Gasteiger partial charge in [0, 0.05) is 19.4 Å². The van der Waals surface area contributed by atoms with E-state index >= 15 is 0 Å². The number of hydrogen-bond donors (Lipinski definition) is 0. The molecule has 0 bridgehead atoms. The van der Waals surface area contributed by atoms with Crippen LogP contribution in [0.2, 0.25) is 0 Å². The van der Waals surface area contributed by atoms with Gasteiger partial charge in [-0.1, -0.05) is 30.3 Å². The van der Waals surface area contributed by atoms with Crippen LogP contribution >= 0.6 is 0 Å². The molecular formula is C15H17NO4. The highest BCUT2D eigenvalue weighted by Crippen LogP contribution is 2.34. The maximum absolute atomic E-state index is 12.2. The van der Waals surface area contributed by atoms with Crippen molar-refractivity contribution in [3.05, 3.63) is 35.9 Å². The normalized spacial score (nSPS) is 22.8. The lowest BCUT2D eigenvalue weighted by atomic mass is 9.79. The van der Waals surface area contributed by atoms with Gasteiger partial charge in [-0.25, -0.2) is 0 Å². The van der Waals surface area contributed by atoms with Gasteiger partial charge in [0.2, 0.25) is 11.8 Å². The average Bonchev–Trinajstić information content (AvgIpc) is 2.45. The first kappa shape index (κ1) is 14.2. The Morgan fingerprint density at radius 1 is 1.30 bits per heavy atom. The number of amides is 2. The van der Waals surface area contributed by atoms with E-state index in [1.165, 1.54) is 7.05 Å². The molecule has 0 N–H and O–H groups in total. The predicted octanol–water partition coefficient (Wildman–Crippen LogP) is 1.34. The zero-order valence-electron chi connectivity index (χ0n) is 11.5. The summed E-state index contributed by atoms with van der Waals surface area (Å²) in [7, 11) is 1.40. The molecule has 0 aliphatic carbocycles. The van der Waals surface area contributed by atoms with Crippen LogP contribution in [0.25, 0.3) is 0 Å². The monoisotopic (exact) mass is 275 g/mol. The van der Waals surface area contributed by atoms with Gasteiger partial charge in [0.25, 0.3) is 0 Å². The van der Waals surface area contributed by atoms with Crippen LogP contribution in [0.3, 0.4) is 0 Å². The average molecular weight is 275 g/mol. The highest BCUT2D eigenvalue weighted by Gasteiger charge is 2.45. The van der Waals surface area contributed by atoms with E-state index in [-0.39, 0.29) is 18.9 Å². The minimum absolute atomic E-state index is 0.135. The number of benzene rings is 1. The molecule has 2 rings (SSSR count). The molecule has 106 valence electrons. The molecule has 1 aromatic carbocycles. The van der Waals surface area contributed by atoms with Gasteiger partial charge in [0.1, 0.15) is 5.92 Å². The van der Waals surface area contributed by atoms with Gasteiger partial charge in [0.15, 0.2) is 0 Å². The lowest BCUT2D eigenvalue weighted by molar-refractivity contribution is -0.162. The van der Waals surface area contributed by atoms with Crippen molar-refractivity contribution >= 4 is 17.8 Å². The first-order chi connectivity index (χ1) is 9.56. The molecule has 2 amide bonds. The van der Waals surface area contributed by atoms with E-state index in [9.17, 15) is 14.4 Å². The largest absolute Gasteiger partial charge is 0.465 e. The molecule has 1 aliphatic heterocycles. The molecule has 1 aliphatic rings.